The second-order valence-electron chi connectivity index (χ2n) is 6.89. The summed E-state index contributed by atoms with van der Waals surface area (Å²) in [5.74, 6) is -4.05. The summed E-state index contributed by atoms with van der Waals surface area (Å²) in [5, 5.41) is 0. The quantitative estimate of drug-likeness (QED) is 0.773. The van der Waals surface area contributed by atoms with Crippen LogP contribution in [-0.2, 0) is 4.74 Å². The molecule has 0 unspecified atom stereocenters. The molecule has 0 saturated carbocycles. The molecule has 0 bridgehead atoms. The van der Waals surface area contributed by atoms with E-state index in [0.717, 1.165) is 12.1 Å². The van der Waals surface area contributed by atoms with Crippen LogP contribution in [0.15, 0.2) is 12.1 Å². The maximum Gasteiger partial charge on any atom is 0.410 e. The number of nitrogens with zero attached hydrogens (tertiary/aromatic N) is 1. The topological polar surface area (TPSA) is 38.8 Å². The monoisotopic (exact) mass is 345 g/mol. The molecule has 1 aromatic rings. The fourth-order valence-corrected chi connectivity index (χ4v) is 2.45. The van der Waals surface area contributed by atoms with Crippen molar-refractivity contribution in [3.8, 4) is 5.75 Å². The zero-order chi connectivity index (χ0) is 17.9. The van der Waals surface area contributed by atoms with E-state index in [-0.39, 0.29) is 18.6 Å². The Hall–Kier alpha value is -1.92. The normalized spacial score (nSPS) is 16.2. The summed E-state index contributed by atoms with van der Waals surface area (Å²) in [7, 11) is 0. The molecular weight excluding hydrogens is 323 g/mol. The molecular formula is C17H22F3NO3. The van der Waals surface area contributed by atoms with Crippen molar-refractivity contribution in [2.24, 2.45) is 5.92 Å². The molecule has 24 heavy (non-hydrogen) atoms. The van der Waals surface area contributed by atoms with Gasteiger partial charge < -0.3 is 14.4 Å². The number of benzene rings is 1. The molecule has 2 rings (SSSR count). The van der Waals surface area contributed by atoms with Gasteiger partial charge in [0.2, 0.25) is 5.82 Å². The van der Waals surface area contributed by atoms with Gasteiger partial charge in [-0.2, -0.15) is 4.39 Å². The van der Waals surface area contributed by atoms with Crippen LogP contribution >= 0.6 is 0 Å². The number of likely N-dealkylation sites (tertiary alicyclic amines) is 1. The van der Waals surface area contributed by atoms with Crippen molar-refractivity contribution in [3.63, 3.8) is 0 Å². The third-order valence-corrected chi connectivity index (χ3v) is 3.73. The van der Waals surface area contributed by atoms with E-state index in [2.05, 4.69) is 0 Å². The summed E-state index contributed by atoms with van der Waals surface area (Å²) in [6.45, 7) is 6.43. The minimum atomic E-state index is -1.32. The summed E-state index contributed by atoms with van der Waals surface area (Å²) < 4.78 is 50.6. The molecule has 0 radical (unpaired) electrons. The molecule has 7 heteroatoms. The Morgan fingerprint density at radius 1 is 1.17 bits per heavy atom. The van der Waals surface area contributed by atoms with Crippen molar-refractivity contribution >= 4 is 6.09 Å². The summed E-state index contributed by atoms with van der Waals surface area (Å²) in [5.41, 5.74) is -0.552. The van der Waals surface area contributed by atoms with E-state index in [9.17, 15) is 18.0 Å². The van der Waals surface area contributed by atoms with Gasteiger partial charge in [-0.25, -0.2) is 13.6 Å². The second kappa shape index (κ2) is 7.32. The highest BCUT2D eigenvalue weighted by Gasteiger charge is 2.27. The average Bonchev–Trinajstić information content (AvgIpc) is 2.50. The third kappa shape index (κ3) is 4.79. The van der Waals surface area contributed by atoms with Crippen LogP contribution in [0.5, 0.6) is 5.75 Å². The maximum atomic E-state index is 13.5. The van der Waals surface area contributed by atoms with E-state index in [1.165, 1.54) is 0 Å². The molecule has 0 aromatic heterocycles. The third-order valence-electron chi connectivity index (χ3n) is 3.73. The average molecular weight is 345 g/mol. The molecule has 1 fully saturated rings. The molecule has 1 aromatic carbocycles. The number of carbonyl (C=O) groups is 1. The van der Waals surface area contributed by atoms with Crippen LogP contribution in [0.4, 0.5) is 18.0 Å². The first-order valence-corrected chi connectivity index (χ1v) is 7.91. The van der Waals surface area contributed by atoms with Gasteiger partial charge in [0.1, 0.15) is 5.60 Å². The lowest BCUT2D eigenvalue weighted by Crippen LogP contribution is -2.42. The van der Waals surface area contributed by atoms with Gasteiger partial charge in [-0.05, 0) is 51.7 Å². The first-order chi connectivity index (χ1) is 11.2. The van der Waals surface area contributed by atoms with Crippen LogP contribution in [-0.4, -0.2) is 36.3 Å². The number of rotatable bonds is 3. The van der Waals surface area contributed by atoms with Crippen LogP contribution in [0.25, 0.3) is 0 Å². The molecule has 134 valence electrons. The Morgan fingerprint density at radius 3 is 2.33 bits per heavy atom. The van der Waals surface area contributed by atoms with Crippen molar-refractivity contribution in [1.29, 1.82) is 0 Å². The van der Waals surface area contributed by atoms with E-state index in [0.29, 0.717) is 25.9 Å². The Morgan fingerprint density at radius 2 is 1.75 bits per heavy atom. The summed E-state index contributed by atoms with van der Waals surface area (Å²) in [6, 6.07) is 1.55. The van der Waals surface area contributed by atoms with Crippen LogP contribution in [0, 0.1) is 23.4 Å². The molecule has 1 heterocycles. The lowest BCUT2D eigenvalue weighted by atomic mass is 9.98. The van der Waals surface area contributed by atoms with Crippen molar-refractivity contribution in [2.75, 3.05) is 19.7 Å². The zero-order valence-corrected chi connectivity index (χ0v) is 14.1. The SMILES string of the molecule is CC(C)(C)OC(=O)N1CCC(COc2c(F)ccc(F)c2F)CC1. The molecule has 1 aliphatic heterocycles. The molecule has 1 saturated heterocycles. The second-order valence-corrected chi connectivity index (χ2v) is 6.89. The van der Waals surface area contributed by atoms with E-state index >= 15 is 0 Å². The van der Waals surface area contributed by atoms with Gasteiger partial charge in [0.05, 0.1) is 6.61 Å². The number of amides is 1. The largest absolute Gasteiger partial charge is 0.487 e. The van der Waals surface area contributed by atoms with Crippen molar-refractivity contribution in [2.45, 2.75) is 39.2 Å². The summed E-state index contributed by atoms with van der Waals surface area (Å²) in [6.07, 6.45) is 0.874. The molecule has 4 nitrogen and oxygen atoms in total. The highest BCUT2D eigenvalue weighted by molar-refractivity contribution is 5.68. The number of hydrogen-bond donors (Lipinski definition) is 0. The van der Waals surface area contributed by atoms with Crippen molar-refractivity contribution in [1.82, 2.24) is 4.90 Å². The van der Waals surface area contributed by atoms with E-state index in [1.807, 2.05) is 0 Å². The predicted molar refractivity (Wildman–Crippen MR) is 82.3 cm³/mol. The van der Waals surface area contributed by atoms with Crippen molar-refractivity contribution in [3.05, 3.63) is 29.6 Å². The lowest BCUT2D eigenvalue weighted by Gasteiger charge is -2.33. The molecule has 1 aliphatic rings. The van der Waals surface area contributed by atoms with E-state index < -0.39 is 28.8 Å². The predicted octanol–water partition coefficient (Wildman–Crippen LogP) is 4.13. The highest BCUT2D eigenvalue weighted by atomic mass is 19.2. The number of carbonyl (C=O) groups excluding carboxylic acids is 1. The minimum Gasteiger partial charge on any atom is -0.487 e. The molecule has 0 N–H and O–H groups in total. The molecule has 1 amide bonds. The Balaban J connectivity index is 1.84. The fraction of sp³-hybridized carbons (Fsp3) is 0.588. The standard InChI is InChI=1S/C17H22F3NO3/c1-17(2,3)24-16(22)21-8-6-11(7-9-21)10-23-15-13(19)5-4-12(18)14(15)20/h4-5,11H,6-10H2,1-3H3. The van der Waals surface area contributed by atoms with E-state index in [1.54, 1.807) is 25.7 Å². The van der Waals surface area contributed by atoms with E-state index in [4.69, 9.17) is 9.47 Å². The first-order valence-electron chi connectivity index (χ1n) is 7.91. The van der Waals surface area contributed by atoms with Gasteiger partial charge in [-0.1, -0.05) is 0 Å². The molecule has 0 aliphatic carbocycles. The summed E-state index contributed by atoms with van der Waals surface area (Å²) in [4.78, 5) is 13.6. The van der Waals surface area contributed by atoms with Gasteiger partial charge >= 0.3 is 6.09 Å². The number of ether oxygens (including phenoxy) is 2. The van der Waals surface area contributed by atoms with Crippen LogP contribution in [0.1, 0.15) is 33.6 Å². The highest BCUT2D eigenvalue weighted by Crippen LogP contribution is 2.26. The minimum absolute atomic E-state index is 0.0331. The van der Waals surface area contributed by atoms with Gasteiger partial charge in [0, 0.05) is 13.1 Å². The fourth-order valence-electron chi connectivity index (χ4n) is 2.45. The first kappa shape index (κ1) is 18.4. The van der Waals surface area contributed by atoms with Gasteiger partial charge in [-0.3, -0.25) is 0 Å². The number of hydrogen-bond acceptors (Lipinski definition) is 3. The summed E-state index contributed by atoms with van der Waals surface area (Å²) >= 11 is 0. The zero-order valence-electron chi connectivity index (χ0n) is 14.1. The number of halogens is 3. The van der Waals surface area contributed by atoms with Crippen LogP contribution in [0.2, 0.25) is 0 Å². The smallest absolute Gasteiger partial charge is 0.410 e. The molecule has 0 spiro atoms. The lowest BCUT2D eigenvalue weighted by molar-refractivity contribution is 0.0163. The van der Waals surface area contributed by atoms with Gasteiger partial charge in [0.15, 0.2) is 17.4 Å². The Kier molecular flexibility index (Phi) is 5.62. The van der Waals surface area contributed by atoms with Crippen molar-refractivity contribution < 1.29 is 27.4 Å². The number of piperidine rings is 1. The Bertz CT molecular complexity index is 593. The van der Waals surface area contributed by atoms with Crippen LogP contribution in [0.3, 0.4) is 0 Å². The van der Waals surface area contributed by atoms with Gasteiger partial charge in [-0.15, -0.1) is 0 Å². The van der Waals surface area contributed by atoms with Gasteiger partial charge in [0.25, 0.3) is 0 Å². The van der Waals surface area contributed by atoms with Crippen LogP contribution < -0.4 is 4.74 Å². The maximum absolute atomic E-state index is 13.5. The molecule has 0 atom stereocenters. The Labute approximate surface area is 139 Å².